The Balaban J connectivity index is 1.63. The SMILES string of the molecule is COCCNC(=NCc1ccccc1OCC1CC1)NCc1nnc(C)n1C. The number of nitrogens with one attached hydrogen (secondary N) is 2. The highest BCUT2D eigenvalue weighted by atomic mass is 16.5. The summed E-state index contributed by atoms with van der Waals surface area (Å²) in [5, 5.41) is 14.9. The Morgan fingerprint density at radius 1 is 1.25 bits per heavy atom. The Bertz CT molecular complexity index is 785. The van der Waals surface area contributed by atoms with Crippen molar-refractivity contribution in [2.75, 3.05) is 26.9 Å². The summed E-state index contributed by atoms with van der Waals surface area (Å²) in [5.41, 5.74) is 1.07. The largest absolute Gasteiger partial charge is 0.493 e. The van der Waals surface area contributed by atoms with Crippen LogP contribution in [-0.4, -0.2) is 47.6 Å². The molecular formula is C20H30N6O2. The molecule has 1 aromatic heterocycles. The topological polar surface area (TPSA) is 85.6 Å². The number of ether oxygens (including phenoxy) is 2. The van der Waals surface area contributed by atoms with Crippen molar-refractivity contribution in [1.82, 2.24) is 25.4 Å². The van der Waals surface area contributed by atoms with Gasteiger partial charge in [-0.1, -0.05) is 18.2 Å². The third-order valence-corrected chi connectivity index (χ3v) is 4.75. The van der Waals surface area contributed by atoms with E-state index in [0.717, 1.165) is 35.5 Å². The Morgan fingerprint density at radius 3 is 2.79 bits per heavy atom. The third kappa shape index (κ3) is 5.95. The second-order valence-corrected chi connectivity index (χ2v) is 7.02. The maximum atomic E-state index is 5.99. The molecule has 28 heavy (non-hydrogen) atoms. The summed E-state index contributed by atoms with van der Waals surface area (Å²) in [6.07, 6.45) is 2.55. The van der Waals surface area contributed by atoms with Gasteiger partial charge in [-0.3, -0.25) is 0 Å². The Kier molecular flexibility index (Phi) is 7.25. The van der Waals surface area contributed by atoms with E-state index >= 15 is 0 Å². The van der Waals surface area contributed by atoms with Crippen LogP contribution in [0.3, 0.4) is 0 Å². The van der Waals surface area contributed by atoms with Gasteiger partial charge in [-0.2, -0.15) is 0 Å². The van der Waals surface area contributed by atoms with Gasteiger partial charge < -0.3 is 24.7 Å². The van der Waals surface area contributed by atoms with Crippen LogP contribution in [-0.2, 0) is 24.9 Å². The highest BCUT2D eigenvalue weighted by Gasteiger charge is 2.22. The van der Waals surface area contributed by atoms with Crippen LogP contribution in [0.15, 0.2) is 29.3 Å². The van der Waals surface area contributed by atoms with Crippen LogP contribution in [0.25, 0.3) is 0 Å². The third-order valence-electron chi connectivity index (χ3n) is 4.75. The van der Waals surface area contributed by atoms with Crippen LogP contribution < -0.4 is 15.4 Å². The molecule has 2 N–H and O–H groups in total. The first-order valence-electron chi connectivity index (χ1n) is 9.74. The van der Waals surface area contributed by atoms with Gasteiger partial charge in [-0.15, -0.1) is 10.2 Å². The first-order valence-corrected chi connectivity index (χ1v) is 9.74. The molecule has 0 aliphatic heterocycles. The normalized spacial score (nSPS) is 14.2. The van der Waals surface area contributed by atoms with Gasteiger partial charge in [-0.05, 0) is 31.7 Å². The molecule has 1 saturated carbocycles. The van der Waals surface area contributed by atoms with Crippen LogP contribution in [0.4, 0.5) is 0 Å². The highest BCUT2D eigenvalue weighted by molar-refractivity contribution is 5.79. The van der Waals surface area contributed by atoms with Gasteiger partial charge in [0.2, 0.25) is 0 Å². The number of aliphatic imine (C=N–C) groups is 1. The standard InChI is InChI=1S/C20H30N6O2/c1-15-24-25-19(26(15)2)13-23-20(21-10-11-27-3)22-12-17-6-4-5-7-18(17)28-14-16-8-9-16/h4-7,16H,8-14H2,1-3H3,(H2,21,22,23). The monoisotopic (exact) mass is 386 g/mol. The van der Waals surface area contributed by atoms with Crippen molar-refractivity contribution >= 4 is 5.96 Å². The molecule has 1 heterocycles. The minimum absolute atomic E-state index is 0.529. The van der Waals surface area contributed by atoms with Gasteiger partial charge in [0, 0.05) is 26.3 Å². The molecule has 0 unspecified atom stereocenters. The fourth-order valence-electron chi connectivity index (χ4n) is 2.65. The summed E-state index contributed by atoms with van der Waals surface area (Å²) in [6, 6.07) is 8.09. The lowest BCUT2D eigenvalue weighted by Gasteiger charge is -2.13. The fraction of sp³-hybridized carbons (Fsp3) is 0.550. The van der Waals surface area contributed by atoms with E-state index in [1.165, 1.54) is 12.8 Å². The average Bonchev–Trinajstić information content (AvgIpc) is 3.49. The minimum Gasteiger partial charge on any atom is -0.493 e. The predicted molar refractivity (Wildman–Crippen MR) is 108 cm³/mol. The summed E-state index contributed by atoms with van der Waals surface area (Å²) in [7, 11) is 3.64. The molecule has 1 fully saturated rings. The van der Waals surface area contributed by atoms with Crippen molar-refractivity contribution in [3.05, 3.63) is 41.5 Å². The average molecular weight is 387 g/mol. The number of aromatic nitrogens is 3. The van der Waals surface area contributed by atoms with E-state index in [-0.39, 0.29) is 0 Å². The molecule has 0 spiro atoms. The van der Waals surface area contributed by atoms with Crippen molar-refractivity contribution in [1.29, 1.82) is 0 Å². The number of guanidine groups is 1. The van der Waals surface area contributed by atoms with Crippen molar-refractivity contribution in [2.24, 2.45) is 18.0 Å². The van der Waals surface area contributed by atoms with Crippen LogP contribution in [0.2, 0.25) is 0 Å². The molecule has 8 heteroatoms. The zero-order valence-electron chi connectivity index (χ0n) is 16.9. The van der Waals surface area contributed by atoms with Crippen LogP contribution in [0.1, 0.15) is 30.1 Å². The Hall–Kier alpha value is -2.61. The van der Waals surface area contributed by atoms with E-state index in [9.17, 15) is 0 Å². The van der Waals surface area contributed by atoms with Gasteiger partial charge >= 0.3 is 0 Å². The molecule has 1 aliphatic rings. The van der Waals surface area contributed by atoms with Gasteiger partial charge in [0.15, 0.2) is 11.8 Å². The Morgan fingerprint density at radius 2 is 2.07 bits per heavy atom. The smallest absolute Gasteiger partial charge is 0.192 e. The molecule has 1 aromatic carbocycles. The summed E-state index contributed by atoms with van der Waals surface area (Å²) < 4.78 is 13.1. The van der Waals surface area contributed by atoms with Crippen molar-refractivity contribution in [2.45, 2.75) is 32.9 Å². The van der Waals surface area contributed by atoms with E-state index in [4.69, 9.17) is 14.5 Å². The lowest BCUT2D eigenvalue weighted by molar-refractivity contribution is 0.203. The van der Waals surface area contributed by atoms with Crippen LogP contribution in [0.5, 0.6) is 5.75 Å². The van der Waals surface area contributed by atoms with Gasteiger partial charge in [0.05, 0.1) is 26.3 Å². The second kappa shape index (κ2) is 10.1. The Labute approximate surface area is 166 Å². The highest BCUT2D eigenvalue weighted by Crippen LogP contribution is 2.30. The molecule has 0 amide bonds. The fourth-order valence-corrected chi connectivity index (χ4v) is 2.65. The van der Waals surface area contributed by atoms with Gasteiger partial charge in [0.25, 0.3) is 0 Å². The molecule has 0 saturated heterocycles. The number of methoxy groups -OCH3 is 1. The van der Waals surface area contributed by atoms with E-state index in [1.54, 1.807) is 7.11 Å². The summed E-state index contributed by atoms with van der Waals surface area (Å²) in [4.78, 5) is 4.72. The van der Waals surface area contributed by atoms with Gasteiger partial charge in [-0.25, -0.2) is 4.99 Å². The van der Waals surface area contributed by atoms with Crippen LogP contribution in [0, 0.1) is 12.8 Å². The van der Waals surface area contributed by atoms with Gasteiger partial charge in [0.1, 0.15) is 11.6 Å². The maximum absolute atomic E-state index is 5.99. The molecule has 1 aliphatic carbocycles. The number of aryl methyl sites for hydroxylation is 1. The predicted octanol–water partition coefficient (Wildman–Crippen LogP) is 1.79. The summed E-state index contributed by atoms with van der Waals surface area (Å²) in [6.45, 7) is 5.06. The van der Waals surface area contributed by atoms with Crippen molar-refractivity contribution in [3.63, 3.8) is 0 Å². The molecule has 2 aromatic rings. The number of rotatable bonds is 10. The first-order chi connectivity index (χ1) is 13.7. The zero-order valence-corrected chi connectivity index (χ0v) is 16.9. The first kappa shape index (κ1) is 20.1. The molecule has 0 atom stereocenters. The maximum Gasteiger partial charge on any atom is 0.192 e. The van der Waals surface area contributed by atoms with E-state index < -0.39 is 0 Å². The number of hydrogen-bond donors (Lipinski definition) is 2. The van der Waals surface area contributed by atoms with Crippen molar-refractivity contribution < 1.29 is 9.47 Å². The summed E-state index contributed by atoms with van der Waals surface area (Å²) in [5.74, 6) is 4.07. The van der Waals surface area contributed by atoms with Crippen molar-refractivity contribution in [3.8, 4) is 5.75 Å². The number of benzene rings is 1. The minimum atomic E-state index is 0.529. The zero-order chi connectivity index (χ0) is 19.8. The molecule has 0 bridgehead atoms. The number of nitrogens with zero attached hydrogens (tertiary/aromatic N) is 4. The quantitative estimate of drug-likeness (QED) is 0.368. The number of hydrogen-bond acceptors (Lipinski definition) is 5. The molecule has 0 radical (unpaired) electrons. The van der Waals surface area contributed by atoms with E-state index in [0.29, 0.717) is 32.2 Å². The molecule has 3 rings (SSSR count). The van der Waals surface area contributed by atoms with E-state index in [1.807, 2.05) is 36.7 Å². The lowest BCUT2D eigenvalue weighted by atomic mass is 10.2. The molecule has 152 valence electrons. The van der Waals surface area contributed by atoms with E-state index in [2.05, 4.69) is 26.9 Å². The summed E-state index contributed by atoms with van der Waals surface area (Å²) >= 11 is 0. The second-order valence-electron chi connectivity index (χ2n) is 7.02. The van der Waals surface area contributed by atoms with Crippen LogP contribution >= 0.6 is 0 Å². The molecular weight excluding hydrogens is 356 g/mol. The number of para-hydroxylation sites is 1. The lowest BCUT2D eigenvalue weighted by Crippen LogP contribution is -2.39. The molecule has 8 nitrogen and oxygen atoms in total.